The van der Waals surface area contributed by atoms with E-state index in [1.54, 1.807) is 44.2 Å². The van der Waals surface area contributed by atoms with Gasteiger partial charge in [-0.25, -0.2) is 9.78 Å². The summed E-state index contributed by atoms with van der Waals surface area (Å²) < 4.78 is 0. The van der Waals surface area contributed by atoms with Crippen LogP contribution < -0.4 is 32.7 Å². The zero-order valence-corrected chi connectivity index (χ0v) is 34.0. The number of rotatable bonds is 20. The molecule has 19 heteroatoms. The molecule has 59 heavy (non-hydrogen) atoms. The second kappa shape index (κ2) is 21.2. The van der Waals surface area contributed by atoms with Gasteiger partial charge in [0.25, 0.3) is 0 Å². The Bertz CT molecular complexity index is 1810. The fourth-order valence-electron chi connectivity index (χ4n) is 7.46. The fraction of sp³-hybridized carbons (Fsp3) is 0.575. The van der Waals surface area contributed by atoms with Gasteiger partial charge in [0.15, 0.2) is 0 Å². The van der Waals surface area contributed by atoms with Gasteiger partial charge in [-0.2, -0.15) is 0 Å². The van der Waals surface area contributed by atoms with Gasteiger partial charge in [-0.3, -0.25) is 33.6 Å². The number of likely N-dealkylation sites (tertiary alicyclic amines) is 2. The highest BCUT2D eigenvalue weighted by molar-refractivity contribution is 5.98. The van der Waals surface area contributed by atoms with Gasteiger partial charge >= 0.3 is 5.97 Å². The minimum atomic E-state index is -1.31. The van der Waals surface area contributed by atoms with Crippen LogP contribution >= 0.6 is 0 Å². The van der Waals surface area contributed by atoms with E-state index >= 15 is 0 Å². The van der Waals surface area contributed by atoms with Crippen LogP contribution in [0.4, 0.5) is 0 Å². The number of carboxylic acids is 1. The summed E-state index contributed by atoms with van der Waals surface area (Å²) in [6.07, 6.45) is 4.33. The predicted octanol–water partition coefficient (Wildman–Crippen LogP) is -0.894. The molecule has 0 saturated carbocycles. The second-order valence-electron chi connectivity index (χ2n) is 16.0. The van der Waals surface area contributed by atoms with E-state index in [0.29, 0.717) is 36.9 Å². The summed E-state index contributed by atoms with van der Waals surface area (Å²) in [5, 5.41) is 20.6. The average molecular weight is 823 g/mol. The monoisotopic (exact) mass is 822 g/mol. The average Bonchev–Trinajstić information content (AvgIpc) is 3.98. The van der Waals surface area contributed by atoms with Gasteiger partial charge in [0, 0.05) is 37.8 Å². The first kappa shape index (κ1) is 45.8. The van der Waals surface area contributed by atoms with E-state index in [2.05, 4.69) is 31.2 Å². The third-order valence-electron chi connectivity index (χ3n) is 10.5. The molecule has 0 bridgehead atoms. The lowest BCUT2D eigenvalue weighted by Crippen LogP contribution is -2.61. The lowest BCUT2D eigenvalue weighted by molar-refractivity contribution is -0.152. The number of aromatic amines is 1. The van der Waals surface area contributed by atoms with Crippen LogP contribution in [-0.4, -0.2) is 128 Å². The lowest BCUT2D eigenvalue weighted by Gasteiger charge is -2.33. The number of amides is 7. The van der Waals surface area contributed by atoms with Crippen LogP contribution in [0.25, 0.3) is 0 Å². The van der Waals surface area contributed by atoms with E-state index in [-0.39, 0.29) is 38.3 Å². The molecule has 10 N–H and O–H groups in total. The van der Waals surface area contributed by atoms with Crippen LogP contribution in [0.1, 0.15) is 77.5 Å². The molecule has 1 aromatic heterocycles. The summed E-state index contributed by atoms with van der Waals surface area (Å²) in [6.45, 7) is 7.59. The number of benzene rings is 1. The SMILES string of the molecule is CC(C)C[C@H](NC(=O)[C@H](Cc1ccccc1)NC(=O)[C@@H](N)CC(N)=O)C(=O)N[C@H](C(=O)N[C@@H](Cc1cnc[nH]1)C(=O)N1CCC[C@H]1C(=O)N1CCC[C@H]1C(=O)O)C(C)C. The van der Waals surface area contributed by atoms with E-state index < -0.39 is 102 Å². The summed E-state index contributed by atoms with van der Waals surface area (Å²) in [5.41, 5.74) is 12.3. The number of nitrogens with two attached hydrogens (primary N) is 2. The molecule has 2 aromatic rings. The largest absolute Gasteiger partial charge is 0.480 e. The second-order valence-corrected chi connectivity index (χ2v) is 16.0. The van der Waals surface area contributed by atoms with Crippen molar-refractivity contribution < 1.29 is 43.5 Å². The molecule has 2 aliphatic heterocycles. The number of aliphatic carboxylic acids is 1. The molecule has 0 unspecified atom stereocenters. The van der Waals surface area contributed by atoms with Crippen LogP contribution in [0.5, 0.6) is 0 Å². The number of carbonyl (C=O) groups is 8. The lowest BCUT2D eigenvalue weighted by atomic mass is 9.98. The van der Waals surface area contributed by atoms with Crippen molar-refractivity contribution in [2.45, 2.75) is 121 Å². The number of aromatic nitrogens is 2. The summed E-state index contributed by atoms with van der Waals surface area (Å²) in [7, 11) is 0. The van der Waals surface area contributed by atoms with Gasteiger partial charge in [-0.15, -0.1) is 0 Å². The Morgan fingerprint density at radius 3 is 2.00 bits per heavy atom. The van der Waals surface area contributed by atoms with Crippen molar-refractivity contribution in [3.8, 4) is 0 Å². The molecule has 7 amide bonds. The quantitative estimate of drug-likeness (QED) is 0.0810. The number of hydrogen-bond acceptors (Lipinski definition) is 10. The van der Waals surface area contributed by atoms with E-state index in [9.17, 15) is 43.5 Å². The Hall–Kier alpha value is -5.85. The van der Waals surface area contributed by atoms with Crippen LogP contribution in [-0.2, 0) is 51.2 Å². The number of hydrogen-bond donors (Lipinski definition) is 8. The first-order valence-electron chi connectivity index (χ1n) is 20.1. The van der Waals surface area contributed by atoms with Crippen molar-refractivity contribution in [1.29, 1.82) is 0 Å². The highest BCUT2D eigenvalue weighted by Gasteiger charge is 2.44. The molecule has 3 heterocycles. The molecule has 2 fully saturated rings. The van der Waals surface area contributed by atoms with Gasteiger partial charge < -0.3 is 52.6 Å². The summed E-state index contributed by atoms with van der Waals surface area (Å²) in [4.78, 5) is 116. The molecular formula is C40H58N10O9. The van der Waals surface area contributed by atoms with E-state index in [4.69, 9.17) is 11.5 Å². The number of carboxylic acid groups (broad SMARTS) is 1. The van der Waals surface area contributed by atoms with Gasteiger partial charge in [-0.05, 0) is 49.5 Å². The van der Waals surface area contributed by atoms with Crippen molar-refractivity contribution in [3.05, 3.63) is 54.1 Å². The number of carbonyl (C=O) groups excluding carboxylic acids is 7. The molecule has 0 spiro atoms. The standard InChI is InChI=1S/C40H58N10O9/c1-22(2)16-27(46-35(53)28(17-24-10-6-5-7-11-24)45-34(52)26(41)19-32(42)51)36(54)48-33(23(3)4)37(55)47-29(18-25-20-43-21-44-25)38(56)49-14-8-12-30(49)39(57)50-15-9-13-31(50)40(58)59/h5-7,10-11,20-23,26-31,33H,8-9,12-19,41H2,1-4H3,(H2,42,51)(H,43,44)(H,45,52)(H,46,53)(H,47,55)(H,48,54)(H,58,59)/t26-,27-,28-,29-,30-,31-,33-/m0/s1. The smallest absolute Gasteiger partial charge is 0.326 e. The molecule has 7 atom stereocenters. The first-order chi connectivity index (χ1) is 28.0. The molecule has 322 valence electrons. The van der Waals surface area contributed by atoms with Gasteiger partial charge in [0.1, 0.15) is 36.3 Å². The molecule has 2 saturated heterocycles. The number of imidazole rings is 1. The van der Waals surface area contributed by atoms with Crippen LogP contribution in [0.15, 0.2) is 42.9 Å². The van der Waals surface area contributed by atoms with E-state index in [0.717, 1.165) is 0 Å². The zero-order valence-electron chi connectivity index (χ0n) is 34.0. The Kier molecular flexibility index (Phi) is 16.5. The van der Waals surface area contributed by atoms with Crippen LogP contribution in [0, 0.1) is 11.8 Å². The maximum absolute atomic E-state index is 14.3. The number of H-pyrrole nitrogens is 1. The summed E-state index contributed by atoms with van der Waals surface area (Å²) in [6, 6.07) is 0.897. The van der Waals surface area contributed by atoms with Gasteiger partial charge in [-0.1, -0.05) is 58.0 Å². The number of nitrogens with zero attached hydrogens (tertiary/aromatic N) is 3. The highest BCUT2D eigenvalue weighted by Crippen LogP contribution is 2.26. The van der Waals surface area contributed by atoms with Gasteiger partial charge in [0.2, 0.25) is 41.4 Å². The van der Waals surface area contributed by atoms with Crippen molar-refractivity contribution in [2.24, 2.45) is 23.3 Å². The molecule has 0 aliphatic carbocycles. The Balaban J connectivity index is 1.53. The Labute approximate surface area is 343 Å². The Morgan fingerprint density at radius 1 is 0.797 bits per heavy atom. The maximum atomic E-state index is 14.3. The number of nitrogens with one attached hydrogen (secondary N) is 5. The maximum Gasteiger partial charge on any atom is 0.326 e. The number of primary amides is 1. The highest BCUT2D eigenvalue weighted by atomic mass is 16.4. The van der Waals surface area contributed by atoms with Crippen LogP contribution in [0.3, 0.4) is 0 Å². The minimum absolute atomic E-state index is 0.0220. The molecule has 19 nitrogen and oxygen atoms in total. The molecule has 2 aliphatic rings. The molecule has 0 radical (unpaired) electrons. The zero-order chi connectivity index (χ0) is 43.4. The van der Waals surface area contributed by atoms with Crippen molar-refractivity contribution in [1.82, 2.24) is 41.0 Å². The molecular weight excluding hydrogens is 765 g/mol. The predicted molar refractivity (Wildman–Crippen MR) is 213 cm³/mol. The first-order valence-corrected chi connectivity index (χ1v) is 20.1. The third kappa shape index (κ3) is 12.8. The summed E-state index contributed by atoms with van der Waals surface area (Å²) in [5.74, 6) is -6.37. The molecule has 1 aromatic carbocycles. The topological polar surface area (TPSA) is 292 Å². The fourth-order valence-corrected chi connectivity index (χ4v) is 7.46. The van der Waals surface area contributed by atoms with E-state index in [1.807, 2.05) is 13.8 Å². The molecule has 4 rings (SSSR count). The normalized spacial score (nSPS) is 19.0. The van der Waals surface area contributed by atoms with E-state index in [1.165, 1.54) is 22.3 Å². The van der Waals surface area contributed by atoms with Crippen molar-refractivity contribution in [2.75, 3.05) is 13.1 Å². The van der Waals surface area contributed by atoms with Gasteiger partial charge in [0.05, 0.1) is 18.8 Å². The summed E-state index contributed by atoms with van der Waals surface area (Å²) >= 11 is 0. The minimum Gasteiger partial charge on any atom is -0.480 e. The van der Waals surface area contributed by atoms with Crippen molar-refractivity contribution in [3.63, 3.8) is 0 Å². The van der Waals surface area contributed by atoms with Crippen LogP contribution in [0.2, 0.25) is 0 Å². The third-order valence-corrected chi connectivity index (χ3v) is 10.5. The Morgan fingerprint density at radius 2 is 1.41 bits per heavy atom. The van der Waals surface area contributed by atoms with Crippen molar-refractivity contribution >= 4 is 47.3 Å².